The van der Waals surface area contributed by atoms with Crippen molar-refractivity contribution in [1.29, 1.82) is 0 Å². The molecule has 1 fully saturated rings. The Morgan fingerprint density at radius 3 is 2.44 bits per heavy atom. The molecule has 3 rings (SSSR count). The van der Waals surface area contributed by atoms with Crippen LogP contribution in [-0.2, 0) is 9.53 Å². The van der Waals surface area contributed by atoms with E-state index in [1.165, 1.54) is 25.7 Å². The van der Waals surface area contributed by atoms with Crippen LogP contribution in [0.4, 0.5) is 5.69 Å². The highest BCUT2D eigenvalue weighted by Crippen LogP contribution is 2.34. The third-order valence-corrected chi connectivity index (χ3v) is 5.24. The van der Waals surface area contributed by atoms with E-state index in [-0.39, 0.29) is 5.97 Å². The first-order valence-electron chi connectivity index (χ1n) is 9.36. The summed E-state index contributed by atoms with van der Waals surface area (Å²) in [5.41, 5.74) is 2.52. The lowest BCUT2D eigenvalue weighted by molar-refractivity contribution is -0.130. The molecule has 25 heavy (non-hydrogen) atoms. The summed E-state index contributed by atoms with van der Waals surface area (Å²) < 4.78 is 5.48. The van der Waals surface area contributed by atoms with Gasteiger partial charge in [0.2, 0.25) is 5.90 Å². The number of carbonyl (C=O) groups is 1. The van der Waals surface area contributed by atoms with Gasteiger partial charge in [-0.15, -0.1) is 0 Å². The number of hydrogen-bond acceptors (Lipinski definition) is 4. The lowest BCUT2D eigenvalue weighted by atomic mass is 9.80. The van der Waals surface area contributed by atoms with Gasteiger partial charge in [-0.3, -0.25) is 0 Å². The van der Waals surface area contributed by atoms with Gasteiger partial charge in [0.15, 0.2) is 5.70 Å². The molecule has 0 spiro atoms. The monoisotopic (exact) mass is 340 g/mol. The summed E-state index contributed by atoms with van der Waals surface area (Å²) >= 11 is 0. The summed E-state index contributed by atoms with van der Waals surface area (Å²) in [5.74, 6) is 1.46. The van der Waals surface area contributed by atoms with Crippen molar-refractivity contribution in [2.45, 2.75) is 45.4 Å². The molecule has 2 aliphatic rings. The standard InChI is InChI=1S/C21H28N2O2/c1-4-5-15-6-10-17(11-7-15)20-22-19(21(24)25-20)14-16-8-12-18(13-9-16)23(2)3/h8-9,12-15,17H,4-7,10-11H2,1-3H3. The Balaban J connectivity index is 1.68. The molecule has 0 unspecified atom stereocenters. The first-order chi connectivity index (χ1) is 12.1. The average Bonchev–Trinajstić information content (AvgIpc) is 2.97. The molecule has 1 aromatic carbocycles. The van der Waals surface area contributed by atoms with Gasteiger partial charge in [-0.1, -0.05) is 31.9 Å². The molecule has 1 heterocycles. The van der Waals surface area contributed by atoms with E-state index in [0.29, 0.717) is 17.5 Å². The number of aliphatic imine (C=N–C) groups is 1. The van der Waals surface area contributed by atoms with Crippen molar-refractivity contribution >= 4 is 23.6 Å². The Bertz CT molecular complexity index is 666. The lowest BCUT2D eigenvalue weighted by Crippen LogP contribution is -2.22. The summed E-state index contributed by atoms with van der Waals surface area (Å²) in [7, 11) is 4.02. The van der Waals surface area contributed by atoms with Crippen LogP contribution in [0.3, 0.4) is 0 Å². The van der Waals surface area contributed by atoms with E-state index in [9.17, 15) is 4.79 Å². The predicted molar refractivity (Wildman–Crippen MR) is 103 cm³/mol. The molecule has 1 aliphatic carbocycles. The summed E-state index contributed by atoms with van der Waals surface area (Å²) in [6.07, 6.45) is 9.00. The Morgan fingerprint density at radius 2 is 1.84 bits per heavy atom. The van der Waals surface area contributed by atoms with Crippen LogP contribution in [0.5, 0.6) is 0 Å². The molecule has 4 nitrogen and oxygen atoms in total. The van der Waals surface area contributed by atoms with E-state index in [0.717, 1.165) is 30.0 Å². The molecule has 0 bridgehead atoms. The van der Waals surface area contributed by atoms with Crippen LogP contribution in [0.15, 0.2) is 35.0 Å². The maximum atomic E-state index is 12.2. The molecular weight excluding hydrogens is 312 g/mol. The van der Waals surface area contributed by atoms with Crippen LogP contribution in [0, 0.1) is 11.8 Å². The number of nitrogens with zero attached hydrogens (tertiary/aromatic N) is 2. The summed E-state index contributed by atoms with van der Waals surface area (Å²) in [6.45, 7) is 2.25. The summed E-state index contributed by atoms with van der Waals surface area (Å²) in [5, 5.41) is 0. The van der Waals surface area contributed by atoms with Gasteiger partial charge in [0.1, 0.15) is 0 Å². The zero-order valence-electron chi connectivity index (χ0n) is 15.5. The molecular formula is C21H28N2O2. The summed E-state index contributed by atoms with van der Waals surface area (Å²) in [6, 6.07) is 8.07. The maximum absolute atomic E-state index is 12.2. The van der Waals surface area contributed by atoms with Crippen LogP contribution in [0.25, 0.3) is 6.08 Å². The second-order valence-electron chi connectivity index (χ2n) is 7.36. The van der Waals surface area contributed by atoms with Crippen molar-refractivity contribution in [1.82, 2.24) is 0 Å². The van der Waals surface area contributed by atoms with E-state index >= 15 is 0 Å². The highest BCUT2D eigenvalue weighted by molar-refractivity contribution is 6.07. The third-order valence-electron chi connectivity index (χ3n) is 5.24. The zero-order valence-corrected chi connectivity index (χ0v) is 15.5. The fourth-order valence-corrected chi connectivity index (χ4v) is 3.73. The van der Waals surface area contributed by atoms with E-state index in [4.69, 9.17) is 4.74 Å². The number of carbonyl (C=O) groups excluding carboxylic acids is 1. The molecule has 1 aliphatic heterocycles. The van der Waals surface area contributed by atoms with Crippen LogP contribution in [-0.4, -0.2) is 26.0 Å². The van der Waals surface area contributed by atoms with Crippen molar-refractivity contribution in [3.63, 3.8) is 0 Å². The molecule has 0 saturated heterocycles. The number of benzene rings is 1. The van der Waals surface area contributed by atoms with Gasteiger partial charge in [-0.2, -0.15) is 0 Å². The molecule has 0 N–H and O–H groups in total. The number of rotatable bonds is 5. The number of ether oxygens (including phenoxy) is 1. The molecule has 1 aromatic rings. The highest BCUT2D eigenvalue weighted by atomic mass is 16.6. The second kappa shape index (κ2) is 7.85. The van der Waals surface area contributed by atoms with Crippen molar-refractivity contribution < 1.29 is 9.53 Å². The van der Waals surface area contributed by atoms with Crippen LogP contribution in [0.2, 0.25) is 0 Å². The number of esters is 1. The van der Waals surface area contributed by atoms with E-state index in [1.54, 1.807) is 0 Å². The topological polar surface area (TPSA) is 41.9 Å². The van der Waals surface area contributed by atoms with Gasteiger partial charge in [-0.25, -0.2) is 9.79 Å². The largest absolute Gasteiger partial charge is 0.406 e. The van der Waals surface area contributed by atoms with Gasteiger partial charge in [-0.05, 0) is 55.4 Å². The van der Waals surface area contributed by atoms with Crippen molar-refractivity contribution in [3.8, 4) is 0 Å². The SMILES string of the molecule is CCCC1CCC(C2=NC(=Cc3ccc(N(C)C)cc3)C(=O)O2)CC1. The van der Waals surface area contributed by atoms with Crippen LogP contribution in [0.1, 0.15) is 51.0 Å². The first kappa shape index (κ1) is 17.7. The molecule has 0 radical (unpaired) electrons. The average molecular weight is 340 g/mol. The predicted octanol–water partition coefficient (Wildman–Crippen LogP) is 4.66. The minimum absolute atomic E-state index is 0.305. The Hall–Kier alpha value is -2.10. The third kappa shape index (κ3) is 4.30. The van der Waals surface area contributed by atoms with Gasteiger partial charge >= 0.3 is 5.97 Å². The lowest BCUT2D eigenvalue weighted by Gasteiger charge is -2.27. The first-order valence-corrected chi connectivity index (χ1v) is 9.36. The van der Waals surface area contributed by atoms with Gasteiger partial charge in [0.25, 0.3) is 0 Å². The molecule has 0 aromatic heterocycles. The van der Waals surface area contributed by atoms with Gasteiger partial charge in [0.05, 0.1) is 0 Å². The number of anilines is 1. The fraction of sp³-hybridized carbons (Fsp3) is 0.524. The van der Waals surface area contributed by atoms with Crippen molar-refractivity contribution in [3.05, 3.63) is 35.5 Å². The van der Waals surface area contributed by atoms with E-state index in [1.807, 2.05) is 49.3 Å². The minimum Gasteiger partial charge on any atom is -0.406 e. The zero-order chi connectivity index (χ0) is 17.8. The Morgan fingerprint density at radius 1 is 1.16 bits per heavy atom. The van der Waals surface area contributed by atoms with Crippen molar-refractivity contribution in [2.75, 3.05) is 19.0 Å². The summed E-state index contributed by atoms with van der Waals surface area (Å²) in [4.78, 5) is 18.7. The van der Waals surface area contributed by atoms with Gasteiger partial charge in [0, 0.05) is 25.7 Å². The van der Waals surface area contributed by atoms with E-state index in [2.05, 4.69) is 11.9 Å². The normalized spacial score (nSPS) is 25.0. The molecule has 0 atom stereocenters. The van der Waals surface area contributed by atoms with Crippen LogP contribution >= 0.6 is 0 Å². The molecule has 134 valence electrons. The minimum atomic E-state index is -0.317. The second-order valence-corrected chi connectivity index (χ2v) is 7.36. The van der Waals surface area contributed by atoms with E-state index < -0.39 is 0 Å². The Labute approximate surface area is 150 Å². The van der Waals surface area contributed by atoms with Crippen molar-refractivity contribution in [2.24, 2.45) is 16.8 Å². The Kier molecular flexibility index (Phi) is 5.57. The smallest absolute Gasteiger partial charge is 0.363 e. The van der Waals surface area contributed by atoms with Gasteiger partial charge < -0.3 is 9.64 Å². The molecule has 1 saturated carbocycles. The fourth-order valence-electron chi connectivity index (χ4n) is 3.73. The van der Waals surface area contributed by atoms with Crippen LogP contribution < -0.4 is 4.90 Å². The highest BCUT2D eigenvalue weighted by Gasteiger charge is 2.32. The quantitative estimate of drug-likeness (QED) is 0.578. The number of cyclic esters (lactones) is 1. The number of hydrogen-bond donors (Lipinski definition) is 0. The molecule has 0 amide bonds. The molecule has 4 heteroatoms. The maximum Gasteiger partial charge on any atom is 0.363 e.